The number of halogens is 1. The third-order valence-corrected chi connectivity index (χ3v) is 4.89. The SMILES string of the molecule is COc1ccc(C(=O)/C=C/c2ccc(Br)cc2)cc1CN1CCOCC1. The molecule has 0 bridgehead atoms. The first-order valence-corrected chi connectivity index (χ1v) is 9.40. The van der Waals surface area contributed by atoms with Crippen LogP contribution < -0.4 is 4.74 Å². The smallest absolute Gasteiger partial charge is 0.185 e. The van der Waals surface area contributed by atoms with Gasteiger partial charge in [0.15, 0.2) is 5.78 Å². The minimum Gasteiger partial charge on any atom is -0.496 e. The summed E-state index contributed by atoms with van der Waals surface area (Å²) in [5.74, 6) is 0.795. The Bertz CT molecular complexity index is 780. The molecule has 2 aromatic rings. The molecule has 1 heterocycles. The van der Waals surface area contributed by atoms with E-state index in [-0.39, 0.29) is 5.78 Å². The largest absolute Gasteiger partial charge is 0.496 e. The van der Waals surface area contributed by atoms with Gasteiger partial charge in [-0.15, -0.1) is 0 Å². The number of allylic oxidation sites excluding steroid dienone is 1. The number of methoxy groups -OCH3 is 1. The molecule has 0 unspecified atom stereocenters. The Hall–Kier alpha value is -1.95. The fourth-order valence-corrected chi connectivity index (χ4v) is 3.16. The van der Waals surface area contributed by atoms with Gasteiger partial charge in [0.1, 0.15) is 5.75 Å². The highest BCUT2D eigenvalue weighted by atomic mass is 79.9. The second-order valence-corrected chi connectivity index (χ2v) is 7.08. The minimum atomic E-state index is -0.0150. The highest BCUT2D eigenvalue weighted by Crippen LogP contribution is 2.23. The van der Waals surface area contributed by atoms with Gasteiger partial charge in [0, 0.05) is 35.2 Å². The predicted molar refractivity (Wildman–Crippen MR) is 107 cm³/mol. The predicted octanol–water partition coefficient (Wildman–Crippen LogP) is 4.19. The van der Waals surface area contributed by atoms with E-state index in [1.165, 1.54) is 0 Å². The van der Waals surface area contributed by atoms with Crippen molar-refractivity contribution in [2.75, 3.05) is 33.4 Å². The number of hydrogen-bond donors (Lipinski definition) is 0. The number of ketones is 1. The molecule has 5 heteroatoms. The van der Waals surface area contributed by atoms with Crippen LogP contribution in [0, 0.1) is 0 Å². The fourth-order valence-electron chi connectivity index (χ4n) is 2.90. The van der Waals surface area contributed by atoms with Crippen molar-refractivity contribution >= 4 is 27.8 Å². The van der Waals surface area contributed by atoms with Gasteiger partial charge in [0.05, 0.1) is 20.3 Å². The number of hydrogen-bond acceptors (Lipinski definition) is 4. The second-order valence-electron chi connectivity index (χ2n) is 6.16. The highest BCUT2D eigenvalue weighted by molar-refractivity contribution is 9.10. The van der Waals surface area contributed by atoms with Gasteiger partial charge in [-0.2, -0.15) is 0 Å². The fraction of sp³-hybridized carbons (Fsp3) is 0.286. The van der Waals surface area contributed by atoms with Gasteiger partial charge in [-0.05, 0) is 42.0 Å². The third kappa shape index (κ3) is 5.04. The number of morpholine rings is 1. The summed E-state index contributed by atoms with van der Waals surface area (Å²) in [5.41, 5.74) is 2.68. The summed E-state index contributed by atoms with van der Waals surface area (Å²) in [7, 11) is 1.66. The molecule has 1 aliphatic rings. The lowest BCUT2D eigenvalue weighted by atomic mass is 10.0. The Morgan fingerprint density at radius 3 is 2.62 bits per heavy atom. The third-order valence-electron chi connectivity index (χ3n) is 4.36. The quantitative estimate of drug-likeness (QED) is 0.523. The zero-order valence-electron chi connectivity index (χ0n) is 14.8. The molecule has 0 radical (unpaired) electrons. The van der Waals surface area contributed by atoms with Crippen molar-refractivity contribution < 1.29 is 14.3 Å². The molecule has 2 aromatic carbocycles. The van der Waals surface area contributed by atoms with Crippen LogP contribution in [0.25, 0.3) is 6.08 Å². The Labute approximate surface area is 162 Å². The highest BCUT2D eigenvalue weighted by Gasteiger charge is 2.15. The molecule has 136 valence electrons. The Kier molecular flexibility index (Phi) is 6.61. The van der Waals surface area contributed by atoms with Crippen LogP contribution in [0.5, 0.6) is 5.75 Å². The van der Waals surface area contributed by atoms with Crippen LogP contribution in [0.1, 0.15) is 21.5 Å². The van der Waals surface area contributed by atoms with Crippen molar-refractivity contribution in [3.8, 4) is 5.75 Å². The van der Waals surface area contributed by atoms with E-state index in [1.807, 2.05) is 48.5 Å². The number of nitrogens with zero attached hydrogens (tertiary/aromatic N) is 1. The summed E-state index contributed by atoms with van der Waals surface area (Å²) in [6.07, 6.45) is 3.45. The van der Waals surface area contributed by atoms with E-state index in [0.29, 0.717) is 5.56 Å². The van der Waals surface area contributed by atoms with Crippen LogP contribution in [0.15, 0.2) is 53.0 Å². The molecule has 4 nitrogen and oxygen atoms in total. The molecule has 1 fully saturated rings. The van der Waals surface area contributed by atoms with Gasteiger partial charge in [-0.25, -0.2) is 0 Å². The molecule has 0 aromatic heterocycles. The normalized spacial score (nSPS) is 15.3. The maximum Gasteiger partial charge on any atom is 0.185 e. The average molecular weight is 416 g/mol. The minimum absolute atomic E-state index is 0.0150. The topological polar surface area (TPSA) is 38.8 Å². The molecule has 0 N–H and O–H groups in total. The summed E-state index contributed by atoms with van der Waals surface area (Å²) in [6.45, 7) is 4.04. The van der Waals surface area contributed by atoms with Crippen LogP contribution in [0.4, 0.5) is 0 Å². The molecule has 0 aliphatic carbocycles. The van der Waals surface area contributed by atoms with E-state index < -0.39 is 0 Å². The Morgan fingerprint density at radius 1 is 1.19 bits per heavy atom. The van der Waals surface area contributed by atoms with Crippen molar-refractivity contribution in [3.63, 3.8) is 0 Å². The average Bonchev–Trinajstić information content (AvgIpc) is 2.68. The summed E-state index contributed by atoms with van der Waals surface area (Å²) in [5, 5.41) is 0. The molecule has 0 saturated carbocycles. The molecule has 3 rings (SSSR count). The van der Waals surface area contributed by atoms with Gasteiger partial charge >= 0.3 is 0 Å². The van der Waals surface area contributed by atoms with Crippen molar-refractivity contribution in [3.05, 3.63) is 69.7 Å². The summed E-state index contributed by atoms with van der Waals surface area (Å²) in [4.78, 5) is 14.9. The van der Waals surface area contributed by atoms with Crippen LogP contribution >= 0.6 is 15.9 Å². The maximum absolute atomic E-state index is 12.6. The lowest BCUT2D eigenvalue weighted by molar-refractivity contribution is 0.0338. The van der Waals surface area contributed by atoms with E-state index >= 15 is 0 Å². The van der Waals surface area contributed by atoms with Crippen LogP contribution in [0.3, 0.4) is 0 Å². The van der Waals surface area contributed by atoms with Crippen LogP contribution in [0.2, 0.25) is 0 Å². The molecule has 1 saturated heterocycles. The van der Waals surface area contributed by atoms with Gasteiger partial charge in [0.2, 0.25) is 0 Å². The number of carbonyl (C=O) groups excluding carboxylic acids is 1. The van der Waals surface area contributed by atoms with Crippen molar-refractivity contribution in [2.24, 2.45) is 0 Å². The number of ether oxygens (including phenoxy) is 2. The van der Waals surface area contributed by atoms with Gasteiger partial charge in [-0.3, -0.25) is 9.69 Å². The van der Waals surface area contributed by atoms with E-state index in [0.717, 1.165) is 54.2 Å². The summed E-state index contributed by atoms with van der Waals surface area (Å²) in [6, 6.07) is 13.5. The van der Waals surface area contributed by atoms with E-state index in [4.69, 9.17) is 9.47 Å². The summed E-state index contributed by atoms with van der Waals surface area (Å²) < 4.78 is 11.9. The molecule has 26 heavy (non-hydrogen) atoms. The molecular formula is C21H22BrNO3. The number of benzene rings is 2. The van der Waals surface area contributed by atoms with Crippen molar-refractivity contribution in [2.45, 2.75) is 6.54 Å². The van der Waals surface area contributed by atoms with E-state index in [2.05, 4.69) is 20.8 Å². The first-order valence-electron chi connectivity index (χ1n) is 8.61. The lowest BCUT2D eigenvalue weighted by Crippen LogP contribution is -2.35. The first-order chi connectivity index (χ1) is 12.7. The van der Waals surface area contributed by atoms with Crippen molar-refractivity contribution in [1.29, 1.82) is 0 Å². The number of rotatable bonds is 6. The molecular weight excluding hydrogens is 394 g/mol. The van der Waals surface area contributed by atoms with Crippen molar-refractivity contribution in [1.82, 2.24) is 4.90 Å². The zero-order valence-corrected chi connectivity index (χ0v) is 16.4. The van der Waals surface area contributed by atoms with Gasteiger partial charge in [0.25, 0.3) is 0 Å². The first kappa shape index (κ1) is 18.8. The molecule has 0 spiro atoms. The molecule has 0 amide bonds. The lowest BCUT2D eigenvalue weighted by Gasteiger charge is -2.27. The van der Waals surface area contributed by atoms with E-state index in [9.17, 15) is 4.79 Å². The Morgan fingerprint density at radius 2 is 1.92 bits per heavy atom. The van der Waals surface area contributed by atoms with Gasteiger partial charge in [-0.1, -0.05) is 34.1 Å². The second kappa shape index (κ2) is 9.12. The number of carbonyl (C=O) groups is 1. The monoisotopic (exact) mass is 415 g/mol. The zero-order chi connectivity index (χ0) is 18.4. The Balaban J connectivity index is 1.75. The molecule has 1 aliphatic heterocycles. The van der Waals surface area contributed by atoms with Crippen LogP contribution in [-0.2, 0) is 11.3 Å². The standard InChI is InChI=1S/C21H22BrNO3/c1-25-21-9-5-17(14-18(21)15-23-10-12-26-13-11-23)20(24)8-4-16-2-6-19(22)7-3-16/h2-9,14H,10-13,15H2,1H3/b8-4+. The van der Waals surface area contributed by atoms with Crippen LogP contribution in [-0.4, -0.2) is 44.1 Å². The summed E-state index contributed by atoms with van der Waals surface area (Å²) >= 11 is 3.41. The maximum atomic E-state index is 12.6. The molecule has 0 atom stereocenters. The van der Waals surface area contributed by atoms with Gasteiger partial charge < -0.3 is 9.47 Å². The van der Waals surface area contributed by atoms with E-state index in [1.54, 1.807) is 13.2 Å².